The van der Waals surface area contributed by atoms with Crippen molar-refractivity contribution in [3.63, 3.8) is 0 Å². The number of hydrogen-bond donors (Lipinski definition) is 2. The molecule has 0 saturated heterocycles. The number of amides is 1. The molecule has 0 atom stereocenters. The van der Waals surface area contributed by atoms with Crippen LogP contribution >= 0.6 is 15.9 Å². The average Bonchev–Trinajstić information content (AvgIpc) is 2.39. The summed E-state index contributed by atoms with van der Waals surface area (Å²) in [5.41, 5.74) is 0.483. The van der Waals surface area contributed by atoms with Gasteiger partial charge in [0.15, 0.2) is 0 Å². The van der Waals surface area contributed by atoms with Crippen molar-refractivity contribution in [1.82, 2.24) is 10.6 Å². The van der Waals surface area contributed by atoms with E-state index in [0.717, 1.165) is 25.7 Å². The molecule has 0 heterocycles. The van der Waals surface area contributed by atoms with Crippen molar-refractivity contribution in [3.05, 3.63) is 34.1 Å². The molecule has 1 fully saturated rings. The van der Waals surface area contributed by atoms with Crippen LogP contribution in [0.25, 0.3) is 0 Å². The van der Waals surface area contributed by atoms with Gasteiger partial charge in [-0.15, -0.1) is 0 Å². The first-order chi connectivity index (χ1) is 9.10. The first-order valence-corrected chi connectivity index (χ1v) is 7.32. The van der Waals surface area contributed by atoms with Crippen molar-refractivity contribution < 1.29 is 9.18 Å². The Bertz CT molecular complexity index is 459. The molecule has 5 heteroatoms. The smallest absolute Gasteiger partial charge is 0.252 e. The third kappa shape index (κ3) is 3.76. The second-order valence-corrected chi connectivity index (χ2v) is 5.79. The van der Waals surface area contributed by atoms with Gasteiger partial charge in [-0.1, -0.05) is 0 Å². The molecule has 19 heavy (non-hydrogen) atoms. The second kappa shape index (κ2) is 6.48. The van der Waals surface area contributed by atoms with E-state index in [0.29, 0.717) is 16.1 Å². The van der Waals surface area contributed by atoms with Crippen molar-refractivity contribution in [1.29, 1.82) is 0 Å². The fraction of sp³-hybridized carbons (Fsp3) is 0.500. The number of hydrogen-bond acceptors (Lipinski definition) is 2. The maximum absolute atomic E-state index is 13.0. The van der Waals surface area contributed by atoms with Gasteiger partial charge in [0.05, 0.1) is 5.56 Å². The highest BCUT2D eigenvalue weighted by Crippen LogP contribution is 2.21. The Kier molecular flexibility index (Phi) is 4.93. The Morgan fingerprint density at radius 2 is 1.89 bits per heavy atom. The molecule has 1 saturated carbocycles. The maximum atomic E-state index is 13.0. The zero-order valence-corrected chi connectivity index (χ0v) is 12.5. The van der Waals surface area contributed by atoms with Gasteiger partial charge >= 0.3 is 0 Å². The molecule has 0 radical (unpaired) electrons. The van der Waals surface area contributed by atoms with E-state index in [1.54, 1.807) is 0 Å². The summed E-state index contributed by atoms with van der Waals surface area (Å²) in [4.78, 5) is 12.1. The highest BCUT2D eigenvalue weighted by molar-refractivity contribution is 9.10. The SMILES string of the molecule is CNC1CCC(NC(=O)c2ccc(F)cc2Br)CC1. The van der Waals surface area contributed by atoms with Gasteiger partial charge < -0.3 is 10.6 Å². The topological polar surface area (TPSA) is 41.1 Å². The summed E-state index contributed by atoms with van der Waals surface area (Å²) in [6, 6.07) is 4.90. The summed E-state index contributed by atoms with van der Waals surface area (Å²) in [5, 5.41) is 6.28. The van der Waals surface area contributed by atoms with E-state index in [9.17, 15) is 9.18 Å². The van der Waals surface area contributed by atoms with E-state index >= 15 is 0 Å². The van der Waals surface area contributed by atoms with Gasteiger partial charge in [-0.2, -0.15) is 0 Å². The largest absolute Gasteiger partial charge is 0.349 e. The number of carbonyl (C=O) groups excluding carboxylic acids is 1. The Hall–Kier alpha value is -0.940. The normalized spacial score (nSPS) is 23.1. The van der Waals surface area contributed by atoms with Crippen molar-refractivity contribution in [2.75, 3.05) is 7.05 Å². The highest BCUT2D eigenvalue weighted by Gasteiger charge is 2.22. The van der Waals surface area contributed by atoms with Gasteiger partial charge in [-0.25, -0.2) is 4.39 Å². The van der Waals surface area contributed by atoms with Gasteiger partial charge in [0.1, 0.15) is 5.82 Å². The molecule has 3 nitrogen and oxygen atoms in total. The van der Waals surface area contributed by atoms with Crippen LogP contribution in [0.5, 0.6) is 0 Å². The van der Waals surface area contributed by atoms with Crippen molar-refractivity contribution in [2.45, 2.75) is 37.8 Å². The van der Waals surface area contributed by atoms with Gasteiger partial charge in [0.25, 0.3) is 5.91 Å². The molecular weight excluding hydrogens is 311 g/mol. The second-order valence-electron chi connectivity index (χ2n) is 4.93. The van der Waals surface area contributed by atoms with Crippen LogP contribution in [0.1, 0.15) is 36.0 Å². The van der Waals surface area contributed by atoms with Crippen LogP contribution in [0.15, 0.2) is 22.7 Å². The van der Waals surface area contributed by atoms with Gasteiger partial charge in [0, 0.05) is 16.6 Å². The quantitative estimate of drug-likeness (QED) is 0.895. The standard InChI is InChI=1S/C14H18BrFN2O/c1-17-10-3-5-11(6-4-10)18-14(19)12-7-2-9(16)8-13(12)15/h2,7-8,10-11,17H,3-6H2,1H3,(H,18,19). The lowest BCUT2D eigenvalue weighted by atomic mass is 9.91. The van der Waals surface area contributed by atoms with Crippen LogP contribution in [0.2, 0.25) is 0 Å². The summed E-state index contributed by atoms with van der Waals surface area (Å²) in [7, 11) is 1.97. The van der Waals surface area contributed by atoms with Gasteiger partial charge in [-0.05, 0) is 66.9 Å². The third-order valence-corrected chi connectivity index (χ3v) is 4.30. The Morgan fingerprint density at radius 1 is 1.26 bits per heavy atom. The third-order valence-electron chi connectivity index (χ3n) is 3.65. The molecule has 0 unspecified atom stereocenters. The van der Waals surface area contributed by atoms with Crippen LogP contribution in [-0.2, 0) is 0 Å². The average molecular weight is 329 g/mol. The molecule has 0 spiro atoms. The lowest BCUT2D eigenvalue weighted by Crippen LogP contribution is -2.41. The number of nitrogens with one attached hydrogen (secondary N) is 2. The summed E-state index contributed by atoms with van der Waals surface area (Å²) in [6.07, 6.45) is 4.12. The summed E-state index contributed by atoms with van der Waals surface area (Å²) in [5.74, 6) is -0.488. The Morgan fingerprint density at radius 3 is 2.47 bits per heavy atom. The number of carbonyl (C=O) groups is 1. The number of rotatable bonds is 3. The summed E-state index contributed by atoms with van der Waals surface area (Å²) in [6.45, 7) is 0. The molecule has 2 N–H and O–H groups in total. The van der Waals surface area contributed by atoms with Crippen molar-refractivity contribution in [2.24, 2.45) is 0 Å². The maximum Gasteiger partial charge on any atom is 0.252 e. The molecule has 0 bridgehead atoms. The number of halogens is 2. The van der Waals surface area contributed by atoms with Gasteiger partial charge in [0.2, 0.25) is 0 Å². The van der Waals surface area contributed by atoms with Crippen molar-refractivity contribution in [3.8, 4) is 0 Å². The van der Waals surface area contributed by atoms with Crippen LogP contribution in [-0.4, -0.2) is 25.0 Å². The van der Waals surface area contributed by atoms with E-state index in [4.69, 9.17) is 0 Å². The predicted molar refractivity (Wildman–Crippen MR) is 76.7 cm³/mol. The molecule has 2 rings (SSSR count). The van der Waals surface area contributed by atoms with Gasteiger partial charge in [-0.3, -0.25) is 4.79 Å². The fourth-order valence-corrected chi connectivity index (χ4v) is 2.99. The van der Waals surface area contributed by atoms with Crippen LogP contribution in [0.3, 0.4) is 0 Å². The molecule has 104 valence electrons. The molecule has 1 aromatic rings. The highest BCUT2D eigenvalue weighted by atomic mass is 79.9. The molecule has 0 aromatic heterocycles. The fourth-order valence-electron chi connectivity index (χ4n) is 2.46. The van der Waals surface area contributed by atoms with E-state index in [-0.39, 0.29) is 17.8 Å². The Labute approximate surface area is 121 Å². The molecule has 0 aliphatic heterocycles. The zero-order chi connectivity index (χ0) is 13.8. The minimum atomic E-state index is -0.349. The molecule has 1 aliphatic carbocycles. The minimum Gasteiger partial charge on any atom is -0.349 e. The lowest BCUT2D eigenvalue weighted by Gasteiger charge is -2.28. The lowest BCUT2D eigenvalue weighted by molar-refractivity contribution is 0.0924. The molecule has 1 amide bonds. The van der Waals surface area contributed by atoms with E-state index in [1.165, 1.54) is 18.2 Å². The molecular formula is C14H18BrFN2O. The summed E-state index contributed by atoms with van der Waals surface area (Å²) >= 11 is 3.22. The Balaban J connectivity index is 1.94. The van der Waals surface area contributed by atoms with E-state index < -0.39 is 0 Å². The molecule has 1 aliphatic rings. The summed E-state index contributed by atoms with van der Waals surface area (Å²) < 4.78 is 13.5. The van der Waals surface area contributed by atoms with Crippen LogP contribution < -0.4 is 10.6 Å². The first kappa shape index (κ1) is 14.5. The van der Waals surface area contributed by atoms with E-state index in [1.807, 2.05) is 7.05 Å². The predicted octanol–water partition coefficient (Wildman–Crippen LogP) is 2.85. The van der Waals surface area contributed by atoms with Crippen LogP contribution in [0.4, 0.5) is 4.39 Å². The molecule has 1 aromatic carbocycles. The zero-order valence-electron chi connectivity index (χ0n) is 10.9. The monoisotopic (exact) mass is 328 g/mol. The van der Waals surface area contributed by atoms with E-state index in [2.05, 4.69) is 26.6 Å². The minimum absolute atomic E-state index is 0.139. The number of benzene rings is 1. The van der Waals surface area contributed by atoms with Crippen LogP contribution in [0, 0.1) is 5.82 Å². The van der Waals surface area contributed by atoms with Crippen molar-refractivity contribution >= 4 is 21.8 Å². The first-order valence-electron chi connectivity index (χ1n) is 6.53.